The Morgan fingerprint density at radius 2 is 2.55 bits per heavy atom. The normalized spacial score (nSPS) is 22.0. The lowest BCUT2D eigenvalue weighted by Gasteiger charge is -2.29. The fraction of sp³-hybridized carbons (Fsp3) is 0.583. The van der Waals surface area contributed by atoms with Crippen molar-refractivity contribution in [2.45, 2.75) is 18.5 Å². The molecule has 1 unspecified atom stereocenters. The third-order valence-electron chi connectivity index (χ3n) is 3.46. The first-order valence-corrected chi connectivity index (χ1v) is 7.74. The van der Waals surface area contributed by atoms with Gasteiger partial charge < -0.3 is 15.2 Å². The van der Waals surface area contributed by atoms with Crippen LogP contribution in [0, 0.1) is 0 Å². The molecular weight excluding hydrogens is 276 g/mol. The zero-order valence-corrected chi connectivity index (χ0v) is 12.1. The van der Waals surface area contributed by atoms with E-state index in [4.69, 9.17) is 10.3 Å². The summed E-state index contributed by atoms with van der Waals surface area (Å²) in [5.41, 5.74) is 7.06. The Kier molecular flexibility index (Phi) is 4.04. The largest absolute Gasteiger partial charge is 0.348 e. The zero-order chi connectivity index (χ0) is 13.9. The number of rotatable bonds is 4. The standard InChI is InChI=1S/C12H18N6OS/c1-18-2-3-20-6-10(18)11-16-12(19-17-11)9(13)4-8-5-14-7-15-8/h5,7,9-10H,2-4,6,13H2,1H3,(H,14,15)/t9-,10?/m1/s1. The minimum Gasteiger partial charge on any atom is -0.348 e. The van der Waals surface area contributed by atoms with Gasteiger partial charge in [0.05, 0.1) is 18.4 Å². The molecule has 7 nitrogen and oxygen atoms in total. The maximum absolute atomic E-state index is 6.10. The molecule has 1 aliphatic rings. The molecule has 0 aliphatic carbocycles. The first kappa shape index (κ1) is 13.6. The average molecular weight is 294 g/mol. The highest BCUT2D eigenvalue weighted by Gasteiger charge is 2.27. The van der Waals surface area contributed by atoms with Gasteiger partial charge in [-0.3, -0.25) is 4.90 Å². The summed E-state index contributed by atoms with van der Waals surface area (Å²) in [7, 11) is 2.09. The van der Waals surface area contributed by atoms with Crippen LogP contribution in [0.3, 0.4) is 0 Å². The van der Waals surface area contributed by atoms with Crippen molar-refractivity contribution in [1.29, 1.82) is 0 Å². The predicted octanol–water partition coefficient (Wildman–Crippen LogP) is 0.755. The Balaban J connectivity index is 1.69. The molecular formula is C12H18N6OS. The van der Waals surface area contributed by atoms with E-state index in [-0.39, 0.29) is 12.1 Å². The number of aromatic amines is 1. The van der Waals surface area contributed by atoms with Crippen molar-refractivity contribution in [3.8, 4) is 0 Å². The van der Waals surface area contributed by atoms with Crippen LogP contribution in [0.15, 0.2) is 17.0 Å². The van der Waals surface area contributed by atoms with Crippen molar-refractivity contribution in [2.24, 2.45) is 5.73 Å². The van der Waals surface area contributed by atoms with Crippen LogP contribution in [-0.4, -0.2) is 50.1 Å². The lowest BCUT2D eigenvalue weighted by atomic mass is 10.2. The van der Waals surface area contributed by atoms with E-state index in [1.807, 2.05) is 11.8 Å². The van der Waals surface area contributed by atoms with Crippen LogP contribution in [0.2, 0.25) is 0 Å². The summed E-state index contributed by atoms with van der Waals surface area (Å²) in [6, 6.07) is -0.0937. The van der Waals surface area contributed by atoms with Gasteiger partial charge in [0.2, 0.25) is 5.89 Å². The number of aromatic nitrogens is 4. The second-order valence-electron chi connectivity index (χ2n) is 4.95. The Labute approximate surface area is 121 Å². The van der Waals surface area contributed by atoms with Crippen LogP contribution in [-0.2, 0) is 6.42 Å². The van der Waals surface area contributed by atoms with Gasteiger partial charge in [-0.15, -0.1) is 0 Å². The fourth-order valence-corrected chi connectivity index (χ4v) is 3.42. The summed E-state index contributed by atoms with van der Waals surface area (Å²) in [6.07, 6.45) is 4.00. The molecule has 1 fully saturated rings. The predicted molar refractivity (Wildman–Crippen MR) is 76.2 cm³/mol. The van der Waals surface area contributed by atoms with Crippen molar-refractivity contribution in [2.75, 3.05) is 25.1 Å². The summed E-state index contributed by atoms with van der Waals surface area (Å²) in [5, 5.41) is 4.09. The monoisotopic (exact) mass is 294 g/mol. The van der Waals surface area contributed by atoms with E-state index in [1.165, 1.54) is 0 Å². The van der Waals surface area contributed by atoms with Gasteiger partial charge in [0.25, 0.3) is 0 Å². The lowest BCUT2D eigenvalue weighted by Crippen LogP contribution is -2.33. The van der Waals surface area contributed by atoms with Gasteiger partial charge in [-0.1, -0.05) is 5.16 Å². The molecule has 1 aliphatic heterocycles. The maximum Gasteiger partial charge on any atom is 0.244 e. The van der Waals surface area contributed by atoms with Crippen molar-refractivity contribution in [3.05, 3.63) is 29.9 Å². The Bertz CT molecular complexity index is 542. The van der Waals surface area contributed by atoms with Crippen LogP contribution >= 0.6 is 11.8 Å². The number of nitrogens with zero attached hydrogens (tertiary/aromatic N) is 4. The molecule has 2 atom stereocenters. The van der Waals surface area contributed by atoms with E-state index in [0.29, 0.717) is 12.3 Å². The van der Waals surface area contributed by atoms with Crippen LogP contribution < -0.4 is 5.73 Å². The third-order valence-corrected chi connectivity index (χ3v) is 4.49. The highest BCUT2D eigenvalue weighted by molar-refractivity contribution is 7.99. The summed E-state index contributed by atoms with van der Waals surface area (Å²) in [6.45, 7) is 1.04. The van der Waals surface area contributed by atoms with E-state index in [1.54, 1.807) is 12.5 Å². The van der Waals surface area contributed by atoms with E-state index in [9.17, 15) is 0 Å². The van der Waals surface area contributed by atoms with Crippen molar-refractivity contribution in [3.63, 3.8) is 0 Å². The maximum atomic E-state index is 6.10. The number of thioether (sulfide) groups is 1. The molecule has 3 rings (SSSR count). The first-order chi connectivity index (χ1) is 9.74. The number of imidazole rings is 1. The highest BCUT2D eigenvalue weighted by Crippen LogP contribution is 2.27. The number of hydrogen-bond acceptors (Lipinski definition) is 7. The van der Waals surface area contributed by atoms with Gasteiger partial charge in [0.15, 0.2) is 5.82 Å². The topological polar surface area (TPSA) is 96.9 Å². The van der Waals surface area contributed by atoms with E-state index < -0.39 is 0 Å². The molecule has 0 bridgehead atoms. The second-order valence-corrected chi connectivity index (χ2v) is 6.10. The Morgan fingerprint density at radius 3 is 3.30 bits per heavy atom. The molecule has 0 spiro atoms. The van der Waals surface area contributed by atoms with Crippen molar-refractivity contribution >= 4 is 11.8 Å². The van der Waals surface area contributed by atoms with Gasteiger partial charge in [0, 0.05) is 36.4 Å². The number of H-pyrrole nitrogens is 1. The molecule has 3 N–H and O–H groups in total. The molecule has 108 valence electrons. The molecule has 1 saturated heterocycles. The minimum atomic E-state index is -0.307. The van der Waals surface area contributed by atoms with Crippen LogP contribution in [0.5, 0.6) is 0 Å². The molecule has 0 amide bonds. The van der Waals surface area contributed by atoms with Crippen LogP contribution in [0.4, 0.5) is 0 Å². The number of nitrogens with one attached hydrogen (secondary N) is 1. The molecule has 2 aromatic rings. The highest BCUT2D eigenvalue weighted by atomic mass is 32.2. The molecule has 8 heteroatoms. The SMILES string of the molecule is CN1CCSCC1c1noc([C@H](N)Cc2cnc[nH]2)n1. The number of hydrogen-bond donors (Lipinski definition) is 2. The number of nitrogens with two attached hydrogens (primary N) is 1. The molecule has 2 aromatic heterocycles. The van der Waals surface area contributed by atoms with Gasteiger partial charge in [-0.2, -0.15) is 16.7 Å². The molecule has 0 saturated carbocycles. The van der Waals surface area contributed by atoms with Gasteiger partial charge in [-0.05, 0) is 7.05 Å². The molecule has 3 heterocycles. The van der Waals surface area contributed by atoms with E-state index in [0.717, 1.165) is 29.6 Å². The lowest BCUT2D eigenvalue weighted by molar-refractivity contribution is 0.256. The Hall–Kier alpha value is -1.38. The van der Waals surface area contributed by atoms with E-state index >= 15 is 0 Å². The summed E-state index contributed by atoms with van der Waals surface area (Å²) < 4.78 is 5.32. The minimum absolute atomic E-state index is 0.214. The summed E-state index contributed by atoms with van der Waals surface area (Å²) >= 11 is 1.92. The van der Waals surface area contributed by atoms with Gasteiger partial charge in [0.1, 0.15) is 0 Å². The van der Waals surface area contributed by atoms with Gasteiger partial charge in [-0.25, -0.2) is 4.98 Å². The van der Waals surface area contributed by atoms with Crippen LogP contribution in [0.25, 0.3) is 0 Å². The fourth-order valence-electron chi connectivity index (χ4n) is 2.21. The van der Waals surface area contributed by atoms with Crippen molar-refractivity contribution in [1.82, 2.24) is 25.0 Å². The van der Waals surface area contributed by atoms with Crippen LogP contribution in [0.1, 0.15) is 29.5 Å². The molecule has 0 aromatic carbocycles. The Morgan fingerprint density at radius 1 is 1.65 bits per heavy atom. The quantitative estimate of drug-likeness (QED) is 0.859. The molecule has 20 heavy (non-hydrogen) atoms. The van der Waals surface area contributed by atoms with Crippen molar-refractivity contribution < 1.29 is 4.52 Å². The summed E-state index contributed by atoms with van der Waals surface area (Å²) in [4.78, 5) is 13.7. The first-order valence-electron chi connectivity index (χ1n) is 6.58. The molecule has 0 radical (unpaired) electrons. The third kappa shape index (κ3) is 2.87. The average Bonchev–Trinajstić information content (AvgIpc) is 3.10. The smallest absolute Gasteiger partial charge is 0.244 e. The zero-order valence-electron chi connectivity index (χ0n) is 11.3. The van der Waals surface area contributed by atoms with E-state index in [2.05, 4.69) is 32.1 Å². The summed E-state index contributed by atoms with van der Waals surface area (Å²) in [5.74, 6) is 3.36. The van der Waals surface area contributed by atoms with Gasteiger partial charge >= 0.3 is 0 Å². The second kappa shape index (κ2) is 5.94.